The normalized spacial score (nSPS) is 14.9. The van der Waals surface area contributed by atoms with Gasteiger partial charge in [-0.05, 0) is 78.4 Å². The second-order valence-electron chi connectivity index (χ2n) is 11.9. The van der Waals surface area contributed by atoms with Crippen molar-refractivity contribution in [2.24, 2.45) is 8.39 Å². The van der Waals surface area contributed by atoms with Gasteiger partial charge >= 0.3 is 6.03 Å². The summed E-state index contributed by atoms with van der Waals surface area (Å²) in [5.41, 5.74) is 4.58. The molecule has 1 atom stereocenters. The molecule has 1 aromatic carbocycles. The second kappa shape index (κ2) is 11.3. The highest BCUT2D eigenvalue weighted by molar-refractivity contribution is 7.95. The molecule has 0 saturated heterocycles. The zero-order valence-corrected chi connectivity index (χ0v) is 27.9. The molecule has 0 saturated carbocycles. The summed E-state index contributed by atoms with van der Waals surface area (Å²) in [4.78, 5) is 17.8. The minimum atomic E-state index is -3.43. The number of anilines is 1. The maximum atomic E-state index is 14.7. The van der Waals surface area contributed by atoms with Crippen LogP contribution >= 0.6 is 11.3 Å². The van der Waals surface area contributed by atoms with E-state index in [1.807, 2.05) is 19.2 Å². The summed E-state index contributed by atoms with van der Waals surface area (Å²) in [5.74, 6) is 0. The zero-order chi connectivity index (χ0) is 30.2. The van der Waals surface area contributed by atoms with Crippen LogP contribution in [-0.2, 0) is 32.5 Å². The minimum absolute atomic E-state index is 0.230. The third kappa shape index (κ3) is 7.06. The van der Waals surface area contributed by atoms with Gasteiger partial charge in [-0.2, -0.15) is 9.62 Å². The Morgan fingerprint density at radius 3 is 2.51 bits per heavy atom. The fourth-order valence-electron chi connectivity index (χ4n) is 4.27. The van der Waals surface area contributed by atoms with Gasteiger partial charge in [-0.15, -0.1) is 11.3 Å². The number of fused-ring (bicyclic) bond motifs is 1. The Labute approximate surface area is 248 Å². The molecule has 218 valence electrons. The second-order valence-corrected chi connectivity index (χ2v) is 22.8. The summed E-state index contributed by atoms with van der Waals surface area (Å²) in [7, 11) is -8.38. The quantitative estimate of drug-likeness (QED) is 0.281. The van der Waals surface area contributed by atoms with Gasteiger partial charge in [0.25, 0.3) is 0 Å². The van der Waals surface area contributed by atoms with Gasteiger partial charge in [0.2, 0.25) is 0 Å². The van der Waals surface area contributed by atoms with Crippen LogP contribution in [-0.4, -0.2) is 40.2 Å². The molecule has 0 radical (unpaired) electrons. The van der Waals surface area contributed by atoms with E-state index in [2.05, 4.69) is 52.3 Å². The first kappa shape index (κ1) is 30.9. The number of thiophene rings is 1. The molecule has 13 heteroatoms. The van der Waals surface area contributed by atoms with Crippen molar-refractivity contribution in [3.8, 4) is 17.2 Å². The van der Waals surface area contributed by atoms with Crippen molar-refractivity contribution in [3.63, 3.8) is 0 Å². The molecule has 2 N–H and O–H groups in total. The van der Waals surface area contributed by atoms with Crippen molar-refractivity contribution in [2.45, 2.75) is 62.4 Å². The van der Waals surface area contributed by atoms with E-state index in [4.69, 9.17) is 4.03 Å². The van der Waals surface area contributed by atoms with Gasteiger partial charge in [0.1, 0.15) is 21.0 Å². The van der Waals surface area contributed by atoms with Gasteiger partial charge in [-0.3, -0.25) is 4.03 Å². The Bertz CT molecular complexity index is 1790. The summed E-state index contributed by atoms with van der Waals surface area (Å²) in [6.45, 7) is 10.2. The number of nitrogens with zero attached hydrogens (tertiary/aromatic N) is 4. The molecular weight excluding hydrogens is 593 g/mol. The van der Waals surface area contributed by atoms with Crippen LogP contribution in [0, 0.1) is 11.3 Å². The van der Waals surface area contributed by atoms with Crippen molar-refractivity contribution in [2.75, 3.05) is 17.8 Å². The third-order valence-corrected chi connectivity index (χ3v) is 17.4. The van der Waals surface area contributed by atoms with E-state index in [1.165, 1.54) is 12.5 Å². The predicted molar refractivity (Wildman–Crippen MR) is 171 cm³/mol. The molecule has 2 aromatic heterocycles. The van der Waals surface area contributed by atoms with Crippen molar-refractivity contribution in [1.82, 2.24) is 9.71 Å². The number of pyridine rings is 1. The van der Waals surface area contributed by atoms with Crippen LogP contribution in [0.5, 0.6) is 0 Å². The number of carbonyl (C=O) groups excluding carboxylic acids is 1. The van der Waals surface area contributed by atoms with Gasteiger partial charge in [0, 0.05) is 34.0 Å². The molecule has 0 bridgehead atoms. The fourth-order valence-corrected chi connectivity index (χ4v) is 12.0. The number of rotatable bonds is 6. The van der Waals surface area contributed by atoms with E-state index in [9.17, 15) is 18.5 Å². The maximum Gasteiger partial charge on any atom is 0.331 e. The lowest BCUT2D eigenvalue weighted by Gasteiger charge is -2.33. The van der Waals surface area contributed by atoms with Crippen LogP contribution in [0.2, 0.25) is 18.1 Å². The van der Waals surface area contributed by atoms with Crippen molar-refractivity contribution in [3.05, 3.63) is 59.4 Å². The number of hydrogen-bond acceptors (Lipinski definition) is 8. The smallest absolute Gasteiger partial charge is 0.306 e. The molecule has 3 aromatic rings. The monoisotopic (exact) mass is 628 g/mol. The highest BCUT2D eigenvalue weighted by Gasteiger charge is 2.38. The summed E-state index contributed by atoms with van der Waals surface area (Å²) in [6, 6.07) is 12.2. The average Bonchev–Trinajstić information content (AvgIpc) is 3.52. The van der Waals surface area contributed by atoms with Gasteiger partial charge in [0.05, 0.1) is 5.69 Å². The molecule has 1 unspecified atom stereocenters. The van der Waals surface area contributed by atoms with Gasteiger partial charge in [-0.25, -0.2) is 22.9 Å². The molecule has 1 aliphatic rings. The fraction of sp³-hybridized carbons (Fsp3) is 0.393. The average molecular weight is 629 g/mol. The number of urea groups is 1. The Balaban J connectivity index is 1.79. The first-order chi connectivity index (χ1) is 19.0. The van der Waals surface area contributed by atoms with Crippen LogP contribution < -0.4 is 10.0 Å². The highest BCUT2D eigenvalue weighted by atomic mass is 32.2. The van der Waals surface area contributed by atoms with E-state index in [0.29, 0.717) is 14.9 Å². The summed E-state index contributed by atoms with van der Waals surface area (Å²) in [6.07, 6.45) is 7.30. The molecule has 4 rings (SSSR count). The first-order valence-electron chi connectivity index (χ1n) is 13.2. The molecule has 0 aliphatic heterocycles. The predicted octanol–water partition coefficient (Wildman–Crippen LogP) is 7.10. The lowest BCUT2D eigenvalue weighted by atomic mass is 9.97. The molecular formula is C28H36N6O3S3Si. The number of nitriles is 1. The SMILES string of the molecule is CC(C)(C)[Si](C)(C)N=S(=O)(NC(=O)Nc1c(-c2ccnc(C#N)c2)ccc2c1CCC2)c1ccc(N=S(C)(C)=O)s1. The number of nitrogens with one attached hydrogen (secondary N) is 2. The summed E-state index contributed by atoms with van der Waals surface area (Å²) in [5, 5.41) is 12.6. The number of amides is 2. The Hall–Kier alpha value is -3.05. The number of aryl methyl sites for hydroxylation is 1. The highest BCUT2D eigenvalue weighted by Crippen LogP contribution is 2.40. The van der Waals surface area contributed by atoms with Gasteiger partial charge in [0.15, 0.2) is 18.2 Å². The summed E-state index contributed by atoms with van der Waals surface area (Å²) < 4.78 is 39.2. The first-order valence-corrected chi connectivity index (χ1v) is 20.8. The van der Waals surface area contributed by atoms with Crippen LogP contribution in [0.1, 0.15) is 44.0 Å². The van der Waals surface area contributed by atoms with Crippen molar-refractivity contribution in [1.29, 1.82) is 5.26 Å². The van der Waals surface area contributed by atoms with Crippen LogP contribution in [0.25, 0.3) is 11.1 Å². The molecule has 9 nitrogen and oxygen atoms in total. The molecule has 2 heterocycles. The van der Waals surface area contributed by atoms with Gasteiger partial charge < -0.3 is 5.32 Å². The van der Waals surface area contributed by atoms with E-state index in [0.717, 1.165) is 52.9 Å². The number of hydrogen-bond donors (Lipinski definition) is 2. The van der Waals surface area contributed by atoms with E-state index >= 15 is 0 Å². The largest absolute Gasteiger partial charge is 0.331 e. The number of carbonyl (C=O) groups is 1. The van der Waals surface area contributed by atoms with Crippen LogP contribution in [0.3, 0.4) is 0 Å². The summed E-state index contributed by atoms with van der Waals surface area (Å²) >= 11 is 1.12. The van der Waals surface area contributed by atoms with Crippen LogP contribution in [0.4, 0.5) is 15.5 Å². The van der Waals surface area contributed by atoms with Crippen molar-refractivity contribution < 1.29 is 13.2 Å². The number of benzene rings is 1. The Morgan fingerprint density at radius 1 is 1.12 bits per heavy atom. The molecule has 0 spiro atoms. The molecule has 41 heavy (non-hydrogen) atoms. The zero-order valence-electron chi connectivity index (χ0n) is 24.4. The molecule has 2 amide bonds. The lowest BCUT2D eigenvalue weighted by Crippen LogP contribution is -2.41. The molecule has 1 aliphatic carbocycles. The van der Waals surface area contributed by atoms with Crippen molar-refractivity contribution >= 4 is 55.9 Å². The van der Waals surface area contributed by atoms with E-state index < -0.39 is 33.9 Å². The van der Waals surface area contributed by atoms with Crippen LogP contribution in [0.15, 0.2) is 55.2 Å². The van der Waals surface area contributed by atoms with E-state index in [-0.39, 0.29) is 10.7 Å². The minimum Gasteiger partial charge on any atom is -0.306 e. The van der Waals surface area contributed by atoms with E-state index in [1.54, 1.807) is 30.5 Å². The standard InChI is InChI=1S/C28H36N6O3S3Si/c1-28(2,3)41(6,7)34-40(37,25-14-13-24(38-25)32-39(4,5)36)33-27(35)31-26-22-10-8-9-19(22)11-12-23(26)20-15-16-30-21(17-20)18-29/h11-17H,8-10H2,1-7H3,(H2,31,33,34,35,37). The lowest BCUT2D eigenvalue weighted by molar-refractivity contribution is 0.257. The topological polar surface area (TPSA) is 137 Å². The Morgan fingerprint density at radius 2 is 1.85 bits per heavy atom. The third-order valence-electron chi connectivity index (χ3n) is 7.28. The molecule has 0 fully saturated rings. The van der Waals surface area contributed by atoms with Gasteiger partial charge in [-0.1, -0.05) is 32.9 Å². The maximum absolute atomic E-state index is 14.7. The Kier molecular flexibility index (Phi) is 8.53. The number of aromatic nitrogens is 1.